The summed E-state index contributed by atoms with van der Waals surface area (Å²) in [6.45, 7) is 8.33. The van der Waals surface area contributed by atoms with Crippen LogP contribution in [0.15, 0.2) is 36.4 Å². The second-order valence-electron chi connectivity index (χ2n) is 8.07. The topological polar surface area (TPSA) is 23.6 Å². The number of halogens is 1. The monoisotopic (exact) mass is 358 g/mol. The Kier molecular flexibility index (Phi) is 6.47. The summed E-state index contributed by atoms with van der Waals surface area (Å²) in [7, 11) is 0. The second kappa shape index (κ2) is 8.81. The Balaban J connectivity index is 1.55. The first-order chi connectivity index (χ1) is 12.5. The number of likely N-dealkylation sites (tertiary alicyclic amines) is 2. The van der Waals surface area contributed by atoms with E-state index in [1.165, 1.54) is 31.5 Å². The van der Waals surface area contributed by atoms with Crippen LogP contribution in [-0.4, -0.2) is 47.9 Å². The molecule has 0 N–H and O–H groups in total. The highest BCUT2D eigenvalue weighted by Gasteiger charge is 2.36. The Labute approximate surface area is 156 Å². The molecule has 4 heteroatoms. The van der Waals surface area contributed by atoms with Crippen LogP contribution in [-0.2, 0) is 11.2 Å². The highest BCUT2D eigenvalue weighted by Crippen LogP contribution is 2.30. The van der Waals surface area contributed by atoms with Crippen molar-refractivity contribution in [2.24, 2.45) is 11.8 Å². The summed E-state index contributed by atoms with van der Waals surface area (Å²) in [5, 5.41) is 0. The van der Waals surface area contributed by atoms with Gasteiger partial charge in [-0.05, 0) is 55.3 Å². The van der Waals surface area contributed by atoms with Crippen LogP contribution in [0.1, 0.15) is 38.7 Å². The predicted molar refractivity (Wildman–Crippen MR) is 103 cm³/mol. The molecule has 1 aromatic rings. The molecule has 0 saturated carbocycles. The van der Waals surface area contributed by atoms with E-state index in [0.29, 0.717) is 24.3 Å². The number of hydrogen-bond acceptors (Lipinski definition) is 2. The molecule has 2 aliphatic rings. The molecule has 0 radical (unpaired) electrons. The molecule has 2 atom stereocenters. The van der Waals surface area contributed by atoms with Crippen molar-refractivity contribution >= 4 is 5.91 Å². The van der Waals surface area contributed by atoms with Crippen molar-refractivity contribution in [1.82, 2.24) is 9.80 Å². The van der Waals surface area contributed by atoms with Gasteiger partial charge in [0.05, 0.1) is 6.42 Å². The van der Waals surface area contributed by atoms with Crippen LogP contribution in [0.5, 0.6) is 0 Å². The van der Waals surface area contributed by atoms with Gasteiger partial charge in [-0.2, -0.15) is 0 Å². The summed E-state index contributed by atoms with van der Waals surface area (Å²) >= 11 is 0. The molecule has 3 rings (SSSR count). The molecule has 2 saturated heterocycles. The predicted octanol–water partition coefficient (Wildman–Crippen LogP) is 3.89. The van der Waals surface area contributed by atoms with Gasteiger partial charge in [0.25, 0.3) is 0 Å². The lowest BCUT2D eigenvalue weighted by molar-refractivity contribution is -0.134. The summed E-state index contributed by atoms with van der Waals surface area (Å²) in [6, 6.07) is 6.89. The number of benzene rings is 1. The van der Waals surface area contributed by atoms with Crippen molar-refractivity contribution in [2.75, 3.05) is 26.2 Å². The van der Waals surface area contributed by atoms with Gasteiger partial charge in [-0.1, -0.05) is 38.1 Å². The Morgan fingerprint density at radius 2 is 2.00 bits per heavy atom. The summed E-state index contributed by atoms with van der Waals surface area (Å²) in [6.07, 6.45) is 8.46. The van der Waals surface area contributed by atoms with E-state index in [-0.39, 0.29) is 11.7 Å². The molecule has 2 fully saturated rings. The van der Waals surface area contributed by atoms with Crippen LogP contribution >= 0.6 is 0 Å². The number of allylic oxidation sites excluding steroid dienone is 1. The van der Waals surface area contributed by atoms with Crippen LogP contribution in [0.3, 0.4) is 0 Å². The lowest BCUT2D eigenvalue weighted by atomic mass is 9.83. The SMILES string of the molecule is CC(C)C=CCN1CCC[C@@H]2CN(C(=O)Cc3ccc(F)cc3)CC[C@H]21. The van der Waals surface area contributed by atoms with Gasteiger partial charge in [-0.15, -0.1) is 0 Å². The van der Waals surface area contributed by atoms with E-state index < -0.39 is 0 Å². The fourth-order valence-corrected chi connectivity index (χ4v) is 4.32. The van der Waals surface area contributed by atoms with Crippen LogP contribution in [0.4, 0.5) is 4.39 Å². The summed E-state index contributed by atoms with van der Waals surface area (Å²) in [5.41, 5.74) is 0.891. The maximum atomic E-state index is 13.0. The van der Waals surface area contributed by atoms with Crippen molar-refractivity contribution in [3.63, 3.8) is 0 Å². The molecule has 0 unspecified atom stereocenters. The molecule has 1 aromatic carbocycles. The van der Waals surface area contributed by atoms with Crippen molar-refractivity contribution < 1.29 is 9.18 Å². The minimum atomic E-state index is -0.254. The van der Waals surface area contributed by atoms with Crippen molar-refractivity contribution in [2.45, 2.75) is 45.6 Å². The third-order valence-electron chi connectivity index (χ3n) is 5.67. The zero-order chi connectivity index (χ0) is 18.5. The van der Waals surface area contributed by atoms with E-state index in [9.17, 15) is 9.18 Å². The third-order valence-corrected chi connectivity index (χ3v) is 5.67. The van der Waals surface area contributed by atoms with E-state index in [0.717, 1.165) is 31.6 Å². The quantitative estimate of drug-likeness (QED) is 0.746. The van der Waals surface area contributed by atoms with Gasteiger partial charge in [0.15, 0.2) is 0 Å². The summed E-state index contributed by atoms with van der Waals surface area (Å²) in [5.74, 6) is 1.10. The average molecular weight is 359 g/mol. The minimum absolute atomic E-state index is 0.173. The van der Waals surface area contributed by atoms with E-state index in [1.54, 1.807) is 12.1 Å². The lowest BCUT2D eigenvalue weighted by Gasteiger charge is -2.47. The molecule has 3 nitrogen and oxygen atoms in total. The number of amides is 1. The highest BCUT2D eigenvalue weighted by molar-refractivity contribution is 5.78. The van der Waals surface area contributed by atoms with Crippen molar-refractivity contribution in [3.05, 3.63) is 47.8 Å². The molecule has 1 amide bonds. The Morgan fingerprint density at radius 3 is 2.73 bits per heavy atom. The van der Waals surface area contributed by atoms with Gasteiger partial charge in [0, 0.05) is 25.7 Å². The van der Waals surface area contributed by atoms with Gasteiger partial charge in [0.1, 0.15) is 5.82 Å². The Bertz CT molecular complexity index is 626. The first kappa shape index (κ1) is 19.1. The molecular formula is C22H31FN2O. The van der Waals surface area contributed by atoms with Crippen LogP contribution in [0.2, 0.25) is 0 Å². The number of carbonyl (C=O) groups excluding carboxylic acids is 1. The normalized spacial score (nSPS) is 24.2. The fraction of sp³-hybridized carbons (Fsp3) is 0.591. The zero-order valence-electron chi connectivity index (χ0n) is 16.0. The molecule has 2 aliphatic heterocycles. The van der Waals surface area contributed by atoms with E-state index in [1.807, 2.05) is 4.90 Å². The maximum absolute atomic E-state index is 13.0. The number of fused-ring (bicyclic) bond motifs is 1. The van der Waals surface area contributed by atoms with Gasteiger partial charge in [0.2, 0.25) is 5.91 Å². The van der Waals surface area contributed by atoms with E-state index >= 15 is 0 Å². The maximum Gasteiger partial charge on any atom is 0.227 e. The highest BCUT2D eigenvalue weighted by atomic mass is 19.1. The minimum Gasteiger partial charge on any atom is -0.342 e. The number of rotatable bonds is 5. The van der Waals surface area contributed by atoms with Gasteiger partial charge in [-0.3, -0.25) is 9.69 Å². The standard InChI is InChI=1S/C22H31FN2O/c1-17(2)5-3-12-24-13-4-6-19-16-25(14-11-21(19)24)22(26)15-18-7-9-20(23)10-8-18/h3,5,7-10,17,19,21H,4,6,11-16H2,1-2H3/t19-,21-/m1/s1. The lowest BCUT2D eigenvalue weighted by Crippen LogP contribution is -2.55. The van der Waals surface area contributed by atoms with Crippen molar-refractivity contribution in [1.29, 1.82) is 0 Å². The van der Waals surface area contributed by atoms with Gasteiger partial charge >= 0.3 is 0 Å². The largest absolute Gasteiger partial charge is 0.342 e. The molecule has 142 valence electrons. The van der Waals surface area contributed by atoms with E-state index in [4.69, 9.17) is 0 Å². The number of hydrogen-bond donors (Lipinski definition) is 0. The molecular weight excluding hydrogens is 327 g/mol. The Hall–Kier alpha value is -1.68. The van der Waals surface area contributed by atoms with Crippen LogP contribution < -0.4 is 0 Å². The molecule has 0 aliphatic carbocycles. The average Bonchev–Trinajstić information content (AvgIpc) is 2.63. The summed E-state index contributed by atoms with van der Waals surface area (Å²) in [4.78, 5) is 17.3. The number of piperidine rings is 2. The fourth-order valence-electron chi connectivity index (χ4n) is 4.32. The van der Waals surface area contributed by atoms with Crippen LogP contribution in [0.25, 0.3) is 0 Å². The van der Waals surface area contributed by atoms with Gasteiger partial charge < -0.3 is 4.90 Å². The molecule has 26 heavy (non-hydrogen) atoms. The second-order valence-corrected chi connectivity index (χ2v) is 8.07. The zero-order valence-corrected chi connectivity index (χ0v) is 16.0. The van der Waals surface area contributed by atoms with Crippen LogP contribution in [0, 0.1) is 17.7 Å². The molecule has 2 heterocycles. The Morgan fingerprint density at radius 1 is 1.23 bits per heavy atom. The molecule has 0 bridgehead atoms. The third kappa shape index (κ3) is 4.94. The molecule has 0 aromatic heterocycles. The summed E-state index contributed by atoms with van der Waals surface area (Å²) < 4.78 is 13.0. The van der Waals surface area contributed by atoms with Gasteiger partial charge in [-0.25, -0.2) is 4.39 Å². The van der Waals surface area contributed by atoms with E-state index in [2.05, 4.69) is 30.9 Å². The smallest absolute Gasteiger partial charge is 0.227 e. The number of carbonyl (C=O) groups is 1. The first-order valence-electron chi connectivity index (χ1n) is 9.96. The molecule has 0 spiro atoms. The number of nitrogens with zero attached hydrogens (tertiary/aromatic N) is 2. The first-order valence-corrected chi connectivity index (χ1v) is 9.96. The van der Waals surface area contributed by atoms with Crippen molar-refractivity contribution in [3.8, 4) is 0 Å².